The molecule has 0 radical (unpaired) electrons. The van der Waals surface area contributed by atoms with Crippen molar-refractivity contribution < 1.29 is 24.5 Å². The van der Waals surface area contributed by atoms with E-state index in [2.05, 4.69) is 19.2 Å². The zero-order chi connectivity index (χ0) is 43.7. The second kappa shape index (κ2) is 50.2. The fourth-order valence-corrected chi connectivity index (χ4v) is 8.40. The molecule has 0 aromatic carbocycles. The number of amides is 1. The van der Waals surface area contributed by atoms with Crippen LogP contribution in [0.3, 0.4) is 0 Å². The minimum Gasteiger partial charge on any atom is -0.466 e. The number of unbranched alkanes of at least 4 members (excludes halogenated alkanes) is 39. The lowest BCUT2D eigenvalue weighted by Crippen LogP contribution is -2.45. The second-order valence-corrected chi connectivity index (χ2v) is 18.6. The van der Waals surface area contributed by atoms with Crippen LogP contribution in [-0.4, -0.2) is 47.4 Å². The third-order valence-corrected chi connectivity index (χ3v) is 12.6. The molecule has 0 aliphatic heterocycles. The molecule has 0 heterocycles. The lowest BCUT2D eigenvalue weighted by atomic mass is 10.0. The molecule has 0 aliphatic rings. The number of esters is 1. The monoisotopic (exact) mass is 848 g/mol. The van der Waals surface area contributed by atoms with Crippen molar-refractivity contribution in [3.05, 3.63) is 12.2 Å². The molecule has 2 atom stereocenters. The molecule has 0 spiro atoms. The summed E-state index contributed by atoms with van der Waals surface area (Å²) in [7, 11) is 0. The molecule has 2 unspecified atom stereocenters. The summed E-state index contributed by atoms with van der Waals surface area (Å²) >= 11 is 0. The van der Waals surface area contributed by atoms with Crippen LogP contribution in [0.2, 0.25) is 0 Å². The highest BCUT2D eigenvalue weighted by atomic mass is 16.5. The molecular weight excluding hydrogens is 743 g/mol. The van der Waals surface area contributed by atoms with Gasteiger partial charge < -0.3 is 20.3 Å². The largest absolute Gasteiger partial charge is 0.466 e. The Hall–Kier alpha value is -1.40. The van der Waals surface area contributed by atoms with Gasteiger partial charge in [0, 0.05) is 12.8 Å². The highest BCUT2D eigenvalue weighted by molar-refractivity contribution is 5.76. The first kappa shape index (κ1) is 58.6. The Balaban J connectivity index is 3.46. The van der Waals surface area contributed by atoms with Crippen LogP contribution in [0, 0.1) is 0 Å². The first-order valence-electron chi connectivity index (χ1n) is 27.0. The van der Waals surface area contributed by atoms with Crippen molar-refractivity contribution in [2.75, 3.05) is 13.2 Å². The summed E-state index contributed by atoms with van der Waals surface area (Å²) in [6, 6.07) is -0.633. The maximum Gasteiger partial charge on any atom is 0.305 e. The van der Waals surface area contributed by atoms with Gasteiger partial charge in [-0.1, -0.05) is 264 Å². The Morgan fingerprint density at radius 1 is 0.450 bits per heavy atom. The maximum absolute atomic E-state index is 12.4. The van der Waals surface area contributed by atoms with Crippen LogP contribution >= 0.6 is 0 Å². The molecule has 6 nitrogen and oxygen atoms in total. The maximum atomic E-state index is 12.4. The number of ether oxygens (including phenoxy) is 1. The Kier molecular flexibility index (Phi) is 49.1. The SMILES string of the molecule is CCCCCCCCCCCCCCCC/C=C/C(O)C(CO)NC(=O)CCCCCCCCCCCCCCCCCOC(=O)CCCCCCCCCCCCCC. The summed E-state index contributed by atoms with van der Waals surface area (Å²) in [6.45, 7) is 4.90. The van der Waals surface area contributed by atoms with Crippen LogP contribution in [0.25, 0.3) is 0 Å². The quantitative estimate of drug-likeness (QED) is 0.0322. The number of carbonyl (C=O) groups excluding carboxylic acids is 2. The first-order valence-corrected chi connectivity index (χ1v) is 27.0. The normalized spacial score (nSPS) is 12.7. The van der Waals surface area contributed by atoms with Gasteiger partial charge in [0.25, 0.3) is 0 Å². The van der Waals surface area contributed by atoms with Crippen molar-refractivity contribution >= 4 is 11.9 Å². The Morgan fingerprint density at radius 2 is 0.767 bits per heavy atom. The van der Waals surface area contributed by atoms with E-state index in [1.54, 1.807) is 6.08 Å². The van der Waals surface area contributed by atoms with Crippen LogP contribution in [-0.2, 0) is 14.3 Å². The van der Waals surface area contributed by atoms with E-state index in [1.165, 1.54) is 225 Å². The number of nitrogens with one attached hydrogen (secondary N) is 1. The first-order chi connectivity index (χ1) is 29.5. The molecule has 1 amide bonds. The van der Waals surface area contributed by atoms with E-state index in [4.69, 9.17) is 4.74 Å². The number of hydrogen-bond acceptors (Lipinski definition) is 5. The van der Waals surface area contributed by atoms with E-state index >= 15 is 0 Å². The van der Waals surface area contributed by atoms with Crippen LogP contribution in [0.4, 0.5) is 0 Å². The third-order valence-electron chi connectivity index (χ3n) is 12.6. The van der Waals surface area contributed by atoms with Gasteiger partial charge in [0.1, 0.15) is 0 Å². The van der Waals surface area contributed by atoms with E-state index in [0.29, 0.717) is 19.4 Å². The van der Waals surface area contributed by atoms with Gasteiger partial charge in [-0.05, 0) is 32.1 Å². The Bertz CT molecular complexity index is 893. The van der Waals surface area contributed by atoms with E-state index in [1.807, 2.05) is 6.08 Å². The Labute approximate surface area is 374 Å². The molecule has 0 aromatic heterocycles. The fourth-order valence-electron chi connectivity index (χ4n) is 8.40. The lowest BCUT2D eigenvalue weighted by Gasteiger charge is -2.20. The molecule has 356 valence electrons. The van der Waals surface area contributed by atoms with Crippen molar-refractivity contribution in [3.63, 3.8) is 0 Å². The minimum absolute atomic E-state index is 0.000509. The molecule has 3 N–H and O–H groups in total. The summed E-state index contributed by atoms with van der Waals surface area (Å²) in [5.74, 6) is -0.0741. The minimum atomic E-state index is -0.849. The van der Waals surface area contributed by atoms with Gasteiger partial charge in [-0.3, -0.25) is 9.59 Å². The summed E-state index contributed by atoms with van der Waals surface area (Å²) < 4.78 is 5.46. The molecule has 0 aromatic rings. The van der Waals surface area contributed by atoms with Gasteiger partial charge in [-0.2, -0.15) is 0 Å². The highest BCUT2D eigenvalue weighted by Gasteiger charge is 2.18. The molecular formula is C54H105NO5. The van der Waals surface area contributed by atoms with Crippen molar-refractivity contribution in [2.24, 2.45) is 0 Å². The molecule has 0 saturated heterocycles. The molecule has 0 saturated carbocycles. The van der Waals surface area contributed by atoms with Gasteiger partial charge in [0.05, 0.1) is 25.4 Å². The van der Waals surface area contributed by atoms with Crippen molar-refractivity contribution in [3.8, 4) is 0 Å². The number of aliphatic hydroxyl groups is 2. The van der Waals surface area contributed by atoms with Gasteiger partial charge in [0.15, 0.2) is 0 Å². The van der Waals surface area contributed by atoms with E-state index < -0.39 is 12.1 Å². The lowest BCUT2D eigenvalue weighted by molar-refractivity contribution is -0.143. The van der Waals surface area contributed by atoms with E-state index in [0.717, 1.165) is 44.9 Å². The highest BCUT2D eigenvalue weighted by Crippen LogP contribution is 2.17. The standard InChI is InChI=1S/C54H105NO5/c1-3-5-7-9-11-13-15-17-18-20-23-26-30-34-38-42-46-52(57)51(50-56)55-53(58)47-43-39-35-31-27-24-21-19-22-25-29-33-37-41-45-49-60-54(59)48-44-40-36-32-28-16-14-12-10-8-6-4-2/h42,46,51-52,56-57H,3-41,43-45,47-50H2,1-2H3,(H,55,58)/b46-42+. The average Bonchev–Trinajstić information content (AvgIpc) is 3.25. The molecule has 0 fully saturated rings. The number of rotatable bonds is 50. The third kappa shape index (κ3) is 46.1. The number of carbonyl (C=O) groups is 2. The molecule has 6 heteroatoms. The van der Waals surface area contributed by atoms with E-state index in [-0.39, 0.29) is 18.5 Å². The van der Waals surface area contributed by atoms with Crippen molar-refractivity contribution in [2.45, 2.75) is 309 Å². The predicted molar refractivity (Wildman–Crippen MR) is 260 cm³/mol. The van der Waals surface area contributed by atoms with Crippen LogP contribution < -0.4 is 5.32 Å². The van der Waals surface area contributed by atoms with Gasteiger partial charge in [-0.15, -0.1) is 0 Å². The smallest absolute Gasteiger partial charge is 0.305 e. The molecule has 0 aliphatic carbocycles. The van der Waals surface area contributed by atoms with Crippen LogP contribution in [0.15, 0.2) is 12.2 Å². The van der Waals surface area contributed by atoms with Crippen molar-refractivity contribution in [1.82, 2.24) is 5.32 Å². The Morgan fingerprint density at radius 3 is 1.13 bits per heavy atom. The zero-order valence-corrected chi connectivity index (χ0v) is 40.5. The van der Waals surface area contributed by atoms with Crippen LogP contribution in [0.5, 0.6) is 0 Å². The summed E-state index contributed by atoms with van der Waals surface area (Å²) in [4.78, 5) is 24.4. The van der Waals surface area contributed by atoms with Gasteiger partial charge >= 0.3 is 5.97 Å². The summed E-state index contributed by atoms with van der Waals surface area (Å²) in [5.41, 5.74) is 0. The molecule has 0 rings (SSSR count). The molecule has 0 bridgehead atoms. The number of allylic oxidation sites excluding steroid dienone is 1. The number of hydrogen-bond donors (Lipinski definition) is 3. The average molecular weight is 848 g/mol. The van der Waals surface area contributed by atoms with Crippen LogP contribution in [0.1, 0.15) is 296 Å². The fraction of sp³-hybridized carbons (Fsp3) is 0.926. The molecule has 60 heavy (non-hydrogen) atoms. The summed E-state index contributed by atoms with van der Waals surface area (Å²) in [6.07, 6.45) is 57.8. The summed E-state index contributed by atoms with van der Waals surface area (Å²) in [5, 5.41) is 23.1. The predicted octanol–water partition coefficient (Wildman–Crippen LogP) is 16.1. The second-order valence-electron chi connectivity index (χ2n) is 18.6. The van der Waals surface area contributed by atoms with Gasteiger partial charge in [0.2, 0.25) is 5.91 Å². The zero-order valence-electron chi connectivity index (χ0n) is 40.5. The van der Waals surface area contributed by atoms with E-state index in [9.17, 15) is 19.8 Å². The number of aliphatic hydroxyl groups excluding tert-OH is 2. The van der Waals surface area contributed by atoms with Gasteiger partial charge in [-0.25, -0.2) is 0 Å². The topological polar surface area (TPSA) is 95.9 Å². The van der Waals surface area contributed by atoms with Crippen molar-refractivity contribution in [1.29, 1.82) is 0 Å².